The Morgan fingerprint density at radius 3 is 2.35 bits per heavy atom. The molecule has 2 aromatic carbocycles. The van der Waals surface area contributed by atoms with Gasteiger partial charge in [-0.1, -0.05) is 12.1 Å². The van der Waals surface area contributed by atoms with E-state index in [9.17, 15) is 29.8 Å². The average molecular weight is 354 g/mol. The van der Waals surface area contributed by atoms with Gasteiger partial charge in [-0.3, -0.25) is 34.4 Å². The number of nitro benzene ring substituents is 2. The fourth-order valence-electron chi connectivity index (χ4n) is 2.55. The lowest BCUT2D eigenvalue weighted by molar-refractivity contribution is -0.394. The number of carbonyl (C=O) groups excluding carboxylic acids is 2. The van der Waals surface area contributed by atoms with Crippen LogP contribution in [0.3, 0.4) is 0 Å². The number of ketones is 1. The molecule has 0 aliphatic rings. The van der Waals surface area contributed by atoms with E-state index in [0.717, 1.165) is 16.7 Å². The molecule has 130 valence electrons. The molecule has 3 aromatic rings. The second kappa shape index (κ2) is 6.16. The summed E-state index contributed by atoms with van der Waals surface area (Å²) in [7, 11) is 0. The van der Waals surface area contributed by atoms with E-state index in [4.69, 9.17) is 0 Å². The van der Waals surface area contributed by atoms with Crippen molar-refractivity contribution in [3.05, 3.63) is 74.1 Å². The zero-order valence-electron chi connectivity index (χ0n) is 13.3. The first kappa shape index (κ1) is 16.9. The van der Waals surface area contributed by atoms with Gasteiger partial charge in [0, 0.05) is 13.0 Å². The van der Waals surface area contributed by atoms with E-state index < -0.39 is 32.9 Å². The molecule has 0 fully saturated rings. The monoisotopic (exact) mass is 354 g/mol. The van der Waals surface area contributed by atoms with Gasteiger partial charge >= 0.3 is 0 Å². The Hall–Kier alpha value is -3.95. The Bertz CT molecular complexity index is 1100. The van der Waals surface area contributed by atoms with Crippen molar-refractivity contribution in [1.82, 2.24) is 9.55 Å². The summed E-state index contributed by atoms with van der Waals surface area (Å²) in [5.74, 6) is -1.55. The molecule has 0 N–H and O–H groups in total. The van der Waals surface area contributed by atoms with Crippen molar-refractivity contribution in [1.29, 1.82) is 0 Å². The third-order valence-corrected chi connectivity index (χ3v) is 3.70. The molecule has 0 atom stereocenters. The molecule has 26 heavy (non-hydrogen) atoms. The number of benzene rings is 2. The van der Waals surface area contributed by atoms with Crippen molar-refractivity contribution in [2.75, 3.05) is 0 Å². The van der Waals surface area contributed by atoms with Crippen molar-refractivity contribution in [2.24, 2.45) is 0 Å². The highest BCUT2D eigenvalue weighted by Crippen LogP contribution is 2.27. The van der Waals surface area contributed by atoms with Gasteiger partial charge in [-0.15, -0.1) is 0 Å². The summed E-state index contributed by atoms with van der Waals surface area (Å²) in [6.07, 6.45) is 0. The Balaban J connectivity index is 2.27. The summed E-state index contributed by atoms with van der Waals surface area (Å²) in [6, 6.07) is 9.13. The topological polar surface area (TPSA) is 138 Å². The number of aromatic nitrogens is 2. The van der Waals surface area contributed by atoms with Crippen LogP contribution in [0.2, 0.25) is 0 Å². The summed E-state index contributed by atoms with van der Waals surface area (Å²) >= 11 is 0. The van der Waals surface area contributed by atoms with E-state index in [1.54, 1.807) is 24.3 Å². The first-order valence-corrected chi connectivity index (χ1v) is 7.27. The molecular weight excluding hydrogens is 344 g/mol. The second-order valence-corrected chi connectivity index (χ2v) is 5.34. The standard InChI is InChI=1S/C16H10N4O6/c1-9(21)15-17-12-4-2-3-5-13(12)18(15)16(22)11-7-6-10(19(23)24)8-14(11)20(25)26/h2-8H,1H3. The molecule has 0 spiro atoms. The first-order valence-electron chi connectivity index (χ1n) is 7.27. The predicted octanol–water partition coefficient (Wildman–Crippen LogP) is 2.74. The summed E-state index contributed by atoms with van der Waals surface area (Å²) in [5, 5.41) is 22.1. The minimum atomic E-state index is -0.882. The molecule has 0 saturated carbocycles. The number of carbonyl (C=O) groups is 2. The highest BCUT2D eigenvalue weighted by Gasteiger charge is 2.28. The molecule has 0 bridgehead atoms. The molecule has 0 aliphatic heterocycles. The number of imidazole rings is 1. The summed E-state index contributed by atoms with van der Waals surface area (Å²) in [6.45, 7) is 1.22. The van der Waals surface area contributed by atoms with Gasteiger partial charge in [0.2, 0.25) is 0 Å². The van der Waals surface area contributed by atoms with Crippen LogP contribution < -0.4 is 0 Å². The average Bonchev–Trinajstić information content (AvgIpc) is 3.00. The summed E-state index contributed by atoms with van der Waals surface area (Å²) < 4.78 is 0.978. The number of non-ortho nitro benzene ring substituents is 1. The normalized spacial score (nSPS) is 10.7. The highest BCUT2D eigenvalue weighted by atomic mass is 16.6. The van der Waals surface area contributed by atoms with Crippen LogP contribution in [0.5, 0.6) is 0 Å². The van der Waals surface area contributed by atoms with Gasteiger partial charge in [0.25, 0.3) is 17.3 Å². The van der Waals surface area contributed by atoms with Gasteiger partial charge in [0.1, 0.15) is 5.56 Å². The van der Waals surface area contributed by atoms with Crippen molar-refractivity contribution < 1.29 is 19.4 Å². The number of para-hydroxylation sites is 2. The molecular formula is C16H10N4O6. The zero-order chi connectivity index (χ0) is 19.0. The number of Topliss-reactive ketones (excluding diaryl/α,β-unsaturated/α-hetero) is 1. The van der Waals surface area contributed by atoms with Gasteiger partial charge in [0.15, 0.2) is 11.6 Å². The Labute approximate surface area is 145 Å². The lowest BCUT2D eigenvalue weighted by atomic mass is 10.1. The van der Waals surface area contributed by atoms with E-state index >= 15 is 0 Å². The van der Waals surface area contributed by atoms with Crippen molar-refractivity contribution >= 4 is 34.1 Å². The minimum Gasteiger partial charge on any atom is -0.291 e. The molecule has 0 saturated heterocycles. The van der Waals surface area contributed by atoms with Crippen LogP contribution in [-0.2, 0) is 0 Å². The third-order valence-electron chi connectivity index (χ3n) is 3.70. The van der Waals surface area contributed by atoms with Crippen molar-refractivity contribution in [2.45, 2.75) is 6.92 Å². The van der Waals surface area contributed by atoms with Crippen molar-refractivity contribution in [3.63, 3.8) is 0 Å². The van der Waals surface area contributed by atoms with Gasteiger partial charge in [0.05, 0.1) is 26.9 Å². The number of hydrogen-bond donors (Lipinski definition) is 0. The molecule has 1 aromatic heterocycles. The van der Waals surface area contributed by atoms with Gasteiger partial charge in [-0.05, 0) is 18.2 Å². The highest BCUT2D eigenvalue weighted by molar-refractivity contribution is 6.09. The molecule has 0 radical (unpaired) electrons. The van der Waals surface area contributed by atoms with Crippen LogP contribution in [0.1, 0.15) is 27.9 Å². The van der Waals surface area contributed by atoms with Crippen LogP contribution in [0.15, 0.2) is 42.5 Å². The van der Waals surface area contributed by atoms with Crippen LogP contribution in [0, 0.1) is 20.2 Å². The van der Waals surface area contributed by atoms with Crippen LogP contribution in [0.25, 0.3) is 11.0 Å². The number of rotatable bonds is 4. The number of fused-ring (bicyclic) bond motifs is 1. The number of nitro groups is 2. The predicted molar refractivity (Wildman–Crippen MR) is 89.2 cm³/mol. The molecule has 0 aliphatic carbocycles. The molecule has 10 heteroatoms. The zero-order valence-corrected chi connectivity index (χ0v) is 13.3. The summed E-state index contributed by atoms with van der Waals surface area (Å²) in [5.41, 5.74) is -0.954. The van der Waals surface area contributed by atoms with E-state index in [2.05, 4.69) is 4.98 Å². The Morgan fingerprint density at radius 1 is 1.04 bits per heavy atom. The first-order chi connectivity index (χ1) is 12.3. The quantitative estimate of drug-likeness (QED) is 0.399. The molecule has 3 rings (SSSR count). The third kappa shape index (κ3) is 2.69. The number of hydrogen-bond acceptors (Lipinski definition) is 7. The van der Waals surface area contributed by atoms with E-state index in [1.165, 1.54) is 6.92 Å². The van der Waals surface area contributed by atoms with E-state index in [1.807, 2.05) is 0 Å². The maximum absolute atomic E-state index is 12.9. The minimum absolute atomic E-state index is 0.177. The van der Waals surface area contributed by atoms with Crippen molar-refractivity contribution in [3.8, 4) is 0 Å². The van der Waals surface area contributed by atoms with E-state index in [0.29, 0.717) is 17.1 Å². The smallest absolute Gasteiger partial charge is 0.289 e. The largest absolute Gasteiger partial charge is 0.291 e. The maximum Gasteiger partial charge on any atom is 0.289 e. The SMILES string of the molecule is CC(=O)c1nc2ccccc2n1C(=O)c1ccc([N+](=O)[O-])cc1[N+](=O)[O-]. The van der Waals surface area contributed by atoms with Crippen LogP contribution in [0.4, 0.5) is 11.4 Å². The molecule has 0 amide bonds. The molecule has 1 heterocycles. The lowest BCUT2D eigenvalue weighted by Gasteiger charge is -2.07. The van der Waals surface area contributed by atoms with Gasteiger partial charge in [-0.2, -0.15) is 0 Å². The van der Waals surface area contributed by atoms with E-state index in [-0.39, 0.29) is 11.4 Å². The Morgan fingerprint density at radius 2 is 1.73 bits per heavy atom. The number of nitrogens with zero attached hydrogens (tertiary/aromatic N) is 4. The fraction of sp³-hybridized carbons (Fsp3) is 0.0625. The molecule has 10 nitrogen and oxygen atoms in total. The fourth-order valence-corrected chi connectivity index (χ4v) is 2.55. The van der Waals surface area contributed by atoms with Crippen LogP contribution in [-0.4, -0.2) is 31.1 Å². The van der Waals surface area contributed by atoms with Crippen LogP contribution >= 0.6 is 0 Å². The lowest BCUT2D eigenvalue weighted by Crippen LogP contribution is -2.18. The maximum atomic E-state index is 12.9. The van der Waals surface area contributed by atoms with Gasteiger partial charge in [-0.25, -0.2) is 4.98 Å². The second-order valence-electron chi connectivity index (χ2n) is 5.34. The Kier molecular flexibility index (Phi) is 4.01. The molecule has 0 unspecified atom stereocenters. The summed E-state index contributed by atoms with van der Waals surface area (Å²) in [4.78, 5) is 49.4. The van der Waals surface area contributed by atoms with Gasteiger partial charge < -0.3 is 0 Å².